The van der Waals surface area contributed by atoms with Gasteiger partial charge in [-0.1, -0.05) is 38.7 Å². The van der Waals surface area contributed by atoms with Crippen LogP contribution in [0.15, 0.2) is 18.2 Å². The van der Waals surface area contributed by atoms with E-state index in [9.17, 15) is 4.79 Å². The molecule has 3 heteroatoms. The van der Waals surface area contributed by atoms with Crippen LogP contribution in [0, 0.1) is 13.8 Å². The van der Waals surface area contributed by atoms with E-state index in [0.717, 1.165) is 23.9 Å². The van der Waals surface area contributed by atoms with Crippen LogP contribution in [0.25, 0.3) is 10.9 Å². The lowest BCUT2D eigenvalue weighted by atomic mass is 10.1. The van der Waals surface area contributed by atoms with Crippen molar-refractivity contribution in [2.24, 2.45) is 0 Å². The van der Waals surface area contributed by atoms with Crippen LogP contribution in [-0.4, -0.2) is 17.4 Å². The Morgan fingerprint density at radius 2 is 1.86 bits per heavy atom. The highest BCUT2D eigenvalue weighted by Gasteiger charge is 2.10. The minimum absolute atomic E-state index is 0.00116. The number of aromatic amines is 1. The van der Waals surface area contributed by atoms with Crippen molar-refractivity contribution in [3.8, 4) is 0 Å². The molecule has 0 saturated carbocycles. The Morgan fingerprint density at radius 1 is 1.10 bits per heavy atom. The zero-order valence-electron chi connectivity index (χ0n) is 13.4. The van der Waals surface area contributed by atoms with Gasteiger partial charge in [0, 0.05) is 17.4 Å². The molecule has 0 aliphatic rings. The van der Waals surface area contributed by atoms with Gasteiger partial charge in [0.25, 0.3) is 5.91 Å². The summed E-state index contributed by atoms with van der Waals surface area (Å²) in [5, 5.41) is 4.13. The topological polar surface area (TPSA) is 44.9 Å². The molecule has 0 spiro atoms. The summed E-state index contributed by atoms with van der Waals surface area (Å²) in [5.41, 5.74) is 4.12. The Bertz CT molecular complexity index is 613. The number of hydrogen-bond donors (Lipinski definition) is 2. The van der Waals surface area contributed by atoms with Gasteiger partial charge in [-0.25, -0.2) is 0 Å². The third-order valence-electron chi connectivity index (χ3n) is 3.90. The normalized spacial score (nSPS) is 11.0. The van der Waals surface area contributed by atoms with Crippen molar-refractivity contribution in [3.05, 3.63) is 35.0 Å². The average molecular weight is 286 g/mol. The van der Waals surface area contributed by atoms with Crippen molar-refractivity contribution in [1.82, 2.24) is 10.3 Å². The fourth-order valence-electron chi connectivity index (χ4n) is 2.75. The van der Waals surface area contributed by atoms with Gasteiger partial charge in [-0.2, -0.15) is 0 Å². The van der Waals surface area contributed by atoms with E-state index >= 15 is 0 Å². The van der Waals surface area contributed by atoms with Gasteiger partial charge in [0.05, 0.1) is 0 Å². The highest BCUT2D eigenvalue weighted by atomic mass is 16.1. The molecule has 0 aliphatic carbocycles. The Balaban J connectivity index is 1.92. The summed E-state index contributed by atoms with van der Waals surface area (Å²) in [6.45, 7) is 7.12. The summed E-state index contributed by atoms with van der Waals surface area (Å²) in [7, 11) is 0. The Labute approximate surface area is 127 Å². The number of H-pyrrole nitrogens is 1. The highest BCUT2D eigenvalue weighted by Crippen LogP contribution is 2.21. The lowest BCUT2D eigenvalue weighted by molar-refractivity contribution is 0.0949. The molecular formula is C18H26N2O. The van der Waals surface area contributed by atoms with Crippen LogP contribution in [0.5, 0.6) is 0 Å². The van der Waals surface area contributed by atoms with Gasteiger partial charge in [0.1, 0.15) is 5.69 Å². The second kappa shape index (κ2) is 7.30. The van der Waals surface area contributed by atoms with E-state index < -0.39 is 0 Å². The van der Waals surface area contributed by atoms with Crippen molar-refractivity contribution >= 4 is 16.8 Å². The number of amides is 1. The first-order chi connectivity index (χ1) is 10.1. The summed E-state index contributed by atoms with van der Waals surface area (Å²) < 4.78 is 0. The molecule has 0 radical (unpaired) electrons. The van der Waals surface area contributed by atoms with Crippen LogP contribution >= 0.6 is 0 Å². The number of aryl methyl sites for hydroxylation is 2. The molecule has 0 fully saturated rings. The molecule has 1 amide bonds. The van der Waals surface area contributed by atoms with E-state index in [2.05, 4.69) is 43.2 Å². The molecule has 0 bridgehead atoms. The number of aromatic nitrogens is 1. The summed E-state index contributed by atoms with van der Waals surface area (Å²) in [6, 6.07) is 6.19. The first-order valence-corrected chi connectivity index (χ1v) is 8.00. The maximum absolute atomic E-state index is 12.2. The fraction of sp³-hybridized carbons (Fsp3) is 0.500. The van der Waals surface area contributed by atoms with E-state index in [-0.39, 0.29) is 5.91 Å². The van der Waals surface area contributed by atoms with E-state index in [1.54, 1.807) is 0 Å². The number of rotatable bonds is 7. The van der Waals surface area contributed by atoms with Gasteiger partial charge < -0.3 is 10.3 Å². The minimum atomic E-state index is -0.00116. The molecule has 1 heterocycles. The van der Waals surface area contributed by atoms with Gasteiger partial charge in [0.15, 0.2) is 0 Å². The molecule has 3 nitrogen and oxygen atoms in total. The second-order valence-corrected chi connectivity index (χ2v) is 5.90. The zero-order chi connectivity index (χ0) is 15.2. The number of fused-ring (bicyclic) bond motifs is 1. The summed E-state index contributed by atoms with van der Waals surface area (Å²) in [4.78, 5) is 15.4. The van der Waals surface area contributed by atoms with Crippen LogP contribution < -0.4 is 5.32 Å². The van der Waals surface area contributed by atoms with Crippen LogP contribution in [0.4, 0.5) is 0 Å². The quantitative estimate of drug-likeness (QED) is 0.724. The number of hydrogen-bond acceptors (Lipinski definition) is 1. The first-order valence-electron chi connectivity index (χ1n) is 8.00. The highest BCUT2D eigenvalue weighted by molar-refractivity contribution is 5.98. The van der Waals surface area contributed by atoms with Crippen molar-refractivity contribution in [2.75, 3.05) is 6.54 Å². The molecule has 114 valence electrons. The van der Waals surface area contributed by atoms with Crippen LogP contribution in [0.2, 0.25) is 0 Å². The van der Waals surface area contributed by atoms with Gasteiger partial charge in [-0.3, -0.25) is 4.79 Å². The largest absolute Gasteiger partial charge is 0.351 e. The molecule has 0 atom stereocenters. The SMILES string of the molecule is CCCCCCCNC(=O)c1cc2c(C)cc(C)cc2[nH]1. The molecule has 2 rings (SSSR count). The van der Waals surface area contributed by atoms with Gasteiger partial charge in [-0.05, 0) is 43.5 Å². The molecule has 0 aliphatic heterocycles. The maximum atomic E-state index is 12.2. The van der Waals surface area contributed by atoms with Crippen LogP contribution in [0.1, 0.15) is 60.6 Å². The van der Waals surface area contributed by atoms with Crippen molar-refractivity contribution < 1.29 is 4.79 Å². The number of unbranched alkanes of at least 4 members (excludes halogenated alkanes) is 4. The average Bonchev–Trinajstić information content (AvgIpc) is 2.86. The second-order valence-electron chi connectivity index (χ2n) is 5.90. The fourth-order valence-corrected chi connectivity index (χ4v) is 2.75. The Morgan fingerprint density at radius 3 is 2.62 bits per heavy atom. The summed E-state index contributed by atoms with van der Waals surface area (Å²) >= 11 is 0. The summed E-state index contributed by atoms with van der Waals surface area (Å²) in [6.07, 6.45) is 6.05. The minimum Gasteiger partial charge on any atom is -0.351 e. The molecular weight excluding hydrogens is 260 g/mol. The van der Waals surface area contributed by atoms with E-state index in [4.69, 9.17) is 0 Å². The lowest BCUT2D eigenvalue weighted by Gasteiger charge is -2.03. The molecule has 1 aromatic heterocycles. The summed E-state index contributed by atoms with van der Waals surface area (Å²) in [5.74, 6) is -0.00116. The number of carbonyl (C=O) groups is 1. The number of nitrogens with one attached hydrogen (secondary N) is 2. The Hall–Kier alpha value is -1.77. The molecule has 1 aromatic carbocycles. The Kier molecular flexibility index (Phi) is 5.43. The monoisotopic (exact) mass is 286 g/mol. The molecule has 0 unspecified atom stereocenters. The molecule has 21 heavy (non-hydrogen) atoms. The number of carbonyl (C=O) groups excluding carboxylic acids is 1. The lowest BCUT2D eigenvalue weighted by Crippen LogP contribution is -2.24. The van der Waals surface area contributed by atoms with Gasteiger partial charge in [-0.15, -0.1) is 0 Å². The molecule has 0 saturated heterocycles. The number of benzene rings is 1. The maximum Gasteiger partial charge on any atom is 0.267 e. The van der Waals surface area contributed by atoms with E-state index in [0.29, 0.717) is 5.69 Å². The third kappa shape index (κ3) is 4.10. The predicted octanol–water partition coefficient (Wildman–Crippen LogP) is 4.48. The molecule has 2 N–H and O–H groups in total. The van der Waals surface area contributed by atoms with Gasteiger partial charge in [0.2, 0.25) is 0 Å². The predicted molar refractivity (Wildman–Crippen MR) is 88.9 cm³/mol. The van der Waals surface area contributed by atoms with Crippen molar-refractivity contribution in [1.29, 1.82) is 0 Å². The van der Waals surface area contributed by atoms with E-state index in [1.807, 2.05) is 6.07 Å². The molecule has 2 aromatic rings. The first kappa shape index (κ1) is 15.6. The van der Waals surface area contributed by atoms with Crippen LogP contribution in [0.3, 0.4) is 0 Å². The van der Waals surface area contributed by atoms with Gasteiger partial charge >= 0.3 is 0 Å². The van der Waals surface area contributed by atoms with Crippen molar-refractivity contribution in [2.45, 2.75) is 52.9 Å². The van der Waals surface area contributed by atoms with Crippen LogP contribution in [-0.2, 0) is 0 Å². The van der Waals surface area contributed by atoms with Crippen molar-refractivity contribution in [3.63, 3.8) is 0 Å². The van der Waals surface area contributed by atoms with E-state index in [1.165, 1.54) is 36.8 Å². The zero-order valence-corrected chi connectivity index (χ0v) is 13.4. The standard InChI is InChI=1S/C18H26N2O/c1-4-5-6-7-8-9-19-18(21)17-12-15-14(3)10-13(2)11-16(15)20-17/h10-12,20H,4-9H2,1-3H3,(H,19,21). The third-order valence-corrected chi connectivity index (χ3v) is 3.90. The smallest absolute Gasteiger partial charge is 0.267 e.